The Balaban J connectivity index is 2.46. The maximum atomic E-state index is 11.5. The lowest BCUT2D eigenvalue weighted by Gasteiger charge is -2.16. The van der Waals surface area contributed by atoms with Gasteiger partial charge in [0.15, 0.2) is 0 Å². The summed E-state index contributed by atoms with van der Waals surface area (Å²) in [5.41, 5.74) is 1.10. The van der Waals surface area contributed by atoms with E-state index in [2.05, 4.69) is 6.92 Å². The van der Waals surface area contributed by atoms with Crippen molar-refractivity contribution in [3.05, 3.63) is 29.8 Å². The number of carbonyl (C=O) groups is 1. The molecular formula is C15H22O3. The Morgan fingerprint density at radius 1 is 1.39 bits per heavy atom. The topological polar surface area (TPSA) is 46.5 Å². The maximum Gasteiger partial charge on any atom is 0.308 e. The molecule has 1 rings (SSSR count). The molecule has 2 atom stereocenters. The fourth-order valence-corrected chi connectivity index (χ4v) is 2.15. The summed E-state index contributed by atoms with van der Waals surface area (Å²) in [5.74, 6) is 0.474. The smallest absolute Gasteiger partial charge is 0.308 e. The van der Waals surface area contributed by atoms with E-state index in [4.69, 9.17) is 4.74 Å². The SMILES string of the molecule is CCOC(=O)[C@@H](C)C[C@H](C)Cc1cccc(O)c1. The number of ether oxygens (including phenoxy) is 1. The van der Waals surface area contributed by atoms with E-state index >= 15 is 0 Å². The number of hydrogen-bond acceptors (Lipinski definition) is 3. The molecule has 0 aromatic heterocycles. The lowest BCUT2D eigenvalue weighted by Crippen LogP contribution is -2.18. The highest BCUT2D eigenvalue weighted by atomic mass is 16.5. The Morgan fingerprint density at radius 2 is 2.11 bits per heavy atom. The normalized spacial score (nSPS) is 13.9. The van der Waals surface area contributed by atoms with E-state index in [-0.39, 0.29) is 17.6 Å². The molecule has 0 aliphatic carbocycles. The van der Waals surface area contributed by atoms with Crippen molar-refractivity contribution < 1.29 is 14.6 Å². The summed E-state index contributed by atoms with van der Waals surface area (Å²) in [6.07, 6.45) is 1.66. The Bertz CT molecular complexity index is 387. The van der Waals surface area contributed by atoms with Gasteiger partial charge in [-0.3, -0.25) is 4.79 Å². The number of aromatic hydroxyl groups is 1. The zero-order chi connectivity index (χ0) is 13.5. The number of phenols is 1. The van der Waals surface area contributed by atoms with Crippen LogP contribution in [0.2, 0.25) is 0 Å². The summed E-state index contributed by atoms with van der Waals surface area (Å²) < 4.78 is 4.99. The molecular weight excluding hydrogens is 228 g/mol. The van der Waals surface area contributed by atoms with Gasteiger partial charge in [-0.1, -0.05) is 26.0 Å². The van der Waals surface area contributed by atoms with E-state index in [9.17, 15) is 9.90 Å². The molecule has 1 N–H and O–H groups in total. The molecule has 100 valence electrons. The van der Waals surface area contributed by atoms with E-state index in [1.54, 1.807) is 12.1 Å². The summed E-state index contributed by atoms with van der Waals surface area (Å²) >= 11 is 0. The van der Waals surface area contributed by atoms with Crippen LogP contribution < -0.4 is 0 Å². The van der Waals surface area contributed by atoms with Gasteiger partial charge in [0, 0.05) is 0 Å². The molecule has 0 aliphatic heterocycles. The molecule has 0 spiro atoms. The fraction of sp³-hybridized carbons (Fsp3) is 0.533. The number of phenolic OH excluding ortho intramolecular Hbond substituents is 1. The van der Waals surface area contributed by atoms with Crippen LogP contribution in [0.25, 0.3) is 0 Å². The first-order chi connectivity index (χ1) is 8.52. The first-order valence-electron chi connectivity index (χ1n) is 6.47. The Hall–Kier alpha value is -1.51. The minimum Gasteiger partial charge on any atom is -0.508 e. The molecule has 0 aliphatic rings. The maximum absolute atomic E-state index is 11.5. The van der Waals surface area contributed by atoms with Crippen LogP contribution in [-0.2, 0) is 16.0 Å². The fourth-order valence-electron chi connectivity index (χ4n) is 2.15. The first kappa shape index (κ1) is 14.6. The molecule has 3 nitrogen and oxygen atoms in total. The lowest BCUT2D eigenvalue weighted by molar-refractivity contribution is -0.147. The largest absolute Gasteiger partial charge is 0.508 e. The van der Waals surface area contributed by atoms with Crippen LogP contribution in [0, 0.1) is 11.8 Å². The highest BCUT2D eigenvalue weighted by Crippen LogP contribution is 2.20. The zero-order valence-electron chi connectivity index (χ0n) is 11.3. The second-order valence-electron chi connectivity index (χ2n) is 4.87. The highest BCUT2D eigenvalue weighted by Gasteiger charge is 2.17. The lowest BCUT2D eigenvalue weighted by atomic mass is 9.92. The number of benzene rings is 1. The molecule has 0 amide bonds. The molecule has 0 radical (unpaired) electrons. The van der Waals surface area contributed by atoms with E-state index < -0.39 is 0 Å². The molecule has 1 aromatic rings. The third kappa shape index (κ3) is 4.78. The van der Waals surface area contributed by atoms with Gasteiger partial charge in [-0.2, -0.15) is 0 Å². The van der Waals surface area contributed by atoms with Crippen molar-refractivity contribution in [2.75, 3.05) is 6.61 Å². The average Bonchev–Trinajstić information content (AvgIpc) is 2.28. The minimum absolute atomic E-state index is 0.0720. The van der Waals surface area contributed by atoms with Gasteiger partial charge in [-0.05, 0) is 43.4 Å². The third-order valence-corrected chi connectivity index (χ3v) is 2.94. The first-order valence-corrected chi connectivity index (χ1v) is 6.47. The summed E-state index contributed by atoms with van der Waals surface area (Å²) in [6, 6.07) is 7.26. The molecule has 0 fully saturated rings. The minimum atomic E-state index is -0.125. The third-order valence-electron chi connectivity index (χ3n) is 2.94. The highest BCUT2D eigenvalue weighted by molar-refractivity contribution is 5.71. The van der Waals surface area contributed by atoms with Crippen molar-refractivity contribution in [3.63, 3.8) is 0 Å². The van der Waals surface area contributed by atoms with Gasteiger partial charge in [0.25, 0.3) is 0 Å². The van der Waals surface area contributed by atoms with Crippen molar-refractivity contribution in [1.29, 1.82) is 0 Å². The van der Waals surface area contributed by atoms with Gasteiger partial charge in [0.1, 0.15) is 5.75 Å². The average molecular weight is 250 g/mol. The Kier molecular flexibility index (Phi) is 5.69. The number of rotatable bonds is 6. The molecule has 0 saturated carbocycles. The van der Waals surface area contributed by atoms with Crippen molar-refractivity contribution in [3.8, 4) is 5.75 Å². The molecule has 0 unspecified atom stereocenters. The van der Waals surface area contributed by atoms with Gasteiger partial charge < -0.3 is 9.84 Å². The molecule has 0 heterocycles. The van der Waals surface area contributed by atoms with Crippen molar-refractivity contribution in [2.24, 2.45) is 11.8 Å². The van der Waals surface area contributed by atoms with Gasteiger partial charge in [-0.15, -0.1) is 0 Å². The van der Waals surface area contributed by atoms with Crippen molar-refractivity contribution in [1.82, 2.24) is 0 Å². The summed E-state index contributed by atoms with van der Waals surface area (Å²) in [6.45, 7) is 6.27. The van der Waals surface area contributed by atoms with Crippen LogP contribution in [0.3, 0.4) is 0 Å². The molecule has 0 bridgehead atoms. The monoisotopic (exact) mass is 250 g/mol. The standard InChI is InChI=1S/C15H22O3/c1-4-18-15(17)12(3)8-11(2)9-13-6-5-7-14(16)10-13/h5-7,10-12,16H,4,8-9H2,1-3H3/t11-,12-/m0/s1. The number of hydrogen-bond donors (Lipinski definition) is 1. The predicted octanol–water partition coefficient (Wildman–Crippen LogP) is 3.16. The van der Waals surface area contributed by atoms with Gasteiger partial charge in [0.2, 0.25) is 0 Å². The van der Waals surface area contributed by atoms with Crippen molar-refractivity contribution >= 4 is 5.97 Å². The quantitative estimate of drug-likeness (QED) is 0.789. The second kappa shape index (κ2) is 7.04. The van der Waals surface area contributed by atoms with E-state index in [0.29, 0.717) is 12.5 Å². The van der Waals surface area contributed by atoms with Crippen molar-refractivity contribution in [2.45, 2.75) is 33.6 Å². The van der Waals surface area contributed by atoms with Crippen LogP contribution >= 0.6 is 0 Å². The second-order valence-corrected chi connectivity index (χ2v) is 4.87. The van der Waals surface area contributed by atoms with Crippen LogP contribution in [-0.4, -0.2) is 17.7 Å². The number of esters is 1. The van der Waals surface area contributed by atoms with Crippen LogP contribution in [0.5, 0.6) is 5.75 Å². The van der Waals surface area contributed by atoms with E-state index in [1.807, 2.05) is 26.0 Å². The van der Waals surface area contributed by atoms with Gasteiger partial charge >= 0.3 is 5.97 Å². The molecule has 18 heavy (non-hydrogen) atoms. The Morgan fingerprint density at radius 3 is 2.72 bits per heavy atom. The van der Waals surface area contributed by atoms with E-state index in [1.165, 1.54) is 0 Å². The van der Waals surface area contributed by atoms with Crippen LogP contribution in [0.1, 0.15) is 32.8 Å². The summed E-state index contributed by atoms with van der Waals surface area (Å²) in [5, 5.41) is 9.39. The van der Waals surface area contributed by atoms with Crippen LogP contribution in [0.4, 0.5) is 0 Å². The molecule has 0 saturated heterocycles. The Labute approximate surface area is 109 Å². The summed E-state index contributed by atoms with van der Waals surface area (Å²) in [4.78, 5) is 11.5. The molecule has 1 aromatic carbocycles. The summed E-state index contributed by atoms with van der Waals surface area (Å²) in [7, 11) is 0. The predicted molar refractivity (Wildman–Crippen MR) is 71.4 cm³/mol. The zero-order valence-corrected chi connectivity index (χ0v) is 11.3. The number of carbonyl (C=O) groups excluding carboxylic acids is 1. The molecule has 3 heteroatoms. The van der Waals surface area contributed by atoms with Crippen LogP contribution in [0.15, 0.2) is 24.3 Å². The van der Waals surface area contributed by atoms with E-state index in [0.717, 1.165) is 18.4 Å². The van der Waals surface area contributed by atoms with Gasteiger partial charge in [0.05, 0.1) is 12.5 Å². The van der Waals surface area contributed by atoms with Gasteiger partial charge in [-0.25, -0.2) is 0 Å².